The van der Waals surface area contributed by atoms with Crippen LogP contribution in [0.5, 0.6) is 0 Å². The molecule has 2 aliphatic carbocycles. The molecule has 1 N–H and O–H groups in total. The van der Waals surface area contributed by atoms with Gasteiger partial charge in [-0.2, -0.15) is 11.8 Å². The predicted molar refractivity (Wildman–Crippen MR) is 77.9 cm³/mol. The van der Waals surface area contributed by atoms with Gasteiger partial charge < -0.3 is 10.2 Å². The van der Waals surface area contributed by atoms with Gasteiger partial charge in [-0.25, -0.2) is 0 Å². The number of nitrogens with one attached hydrogen (secondary N) is 1. The predicted octanol–water partition coefficient (Wildman–Crippen LogP) is 2.12. The van der Waals surface area contributed by atoms with Crippen LogP contribution in [0.25, 0.3) is 0 Å². The van der Waals surface area contributed by atoms with Crippen molar-refractivity contribution < 1.29 is 4.79 Å². The van der Waals surface area contributed by atoms with Gasteiger partial charge in [-0.3, -0.25) is 4.79 Å². The van der Waals surface area contributed by atoms with Crippen LogP contribution in [0.2, 0.25) is 0 Å². The summed E-state index contributed by atoms with van der Waals surface area (Å²) in [5, 5.41) is 4.06. The molecule has 3 nitrogen and oxygen atoms in total. The Morgan fingerprint density at radius 1 is 1.33 bits per heavy atom. The smallest absolute Gasteiger partial charge is 0.236 e. The highest BCUT2D eigenvalue weighted by Crippen LogP contribution is 2.32. The SMILES string of the molecule is CCS[C@H]1CC[C@H](N(C)C(=O)CNCC2CC2)C1. The van der Waals surface area contributed by atoms with Gasteiger partial charge in [0, 0.05) is 18.3 Å². The summed E-state index contributed by atoms with van der Waals surface area (Å²) in [6, 6.07) is 0.476. The molecule has 2 atom stereocenters. The van der Waals surface area contributed by atoms with Gasteiger partial charge in [0.2, 0.25) is 5.91 Å². The molecule has 2 saturated carbocycles. The lowest BCUT2D eigenvalue weighted by molar-refractivity contribution is -0.130. The maximum absolute atomic E-state index is 12.1. The van der Waals surface area contributed by atoms with E-state index in [9.17, 15) is 4.79 Å². The fourth-order valence-electron chi connectivity index (χ4n) is 2.69. The lowest BCUT2D eigenvalue weighted by Crippen LogP contribution is -2.41. The summed E-state index contributed by atoms with van der Waals surface area (Å²) < 4.78 is 0. The maximum atomic E-state index is 12.1. The Morgan fingerprint density at radius 3 is 2.78 bits per heavy atom. The van der Waals surface area contributed by atoms with E-state index in [4.69, 9.17) is 0 Å². The number of carbonyl (C=O) groups is 1. The van der Waals surface area contributed by atoms with E-state index < -0.39 is 0 Å². The van der Waals surface area contributed by atoms with Gasteiger partial charge in [0.1, 0.15) is 0 Å². The van der Waals surface area contributed by atoms with E-state index in [2.05, 4.69) is 12.2 Å². The van der Waals surface area contributed by atoms with E-state index in [0.29, 0.717) is 12.6 Å². The Kier molecular flexibility index (Phi) is 5.37. The molecule has 0 aromatic carbocycles. The first-order valence-corrected chi connectivity index (χ1v) is 8.33. The number of carbonyl (C=O) groups excluding carboxylic acids is 1. The molecule has 0 unspecified atom stereocenters. The average Bonchev–Trinajstić information content (AvgIpc) is 3.06. The monoisotopic (exact) mass is 270 g/mol. The first kappa shape index (κ1) is 14.2. The third kappa shape index (κ3) is 4.16. The third-order valence-electron chi connectivity index (χ3n) is 4.11. The molecule has 2 aliphatic rings. The van der Waals surface area contributed by atoms with Gasteiger partial charge in [0.05, 0.1) is 6.54 Å². The van der Waals surface area contributed by atoms with Crippen molar-refractivity contribution in [2.45, 2.75) is 50.3 Å². The average molecular weight is 270 g/mol. The summed E-state index contributed by atoms with van der Waals surface area (Å²) in [7, 11) is 1.98. The second-order valence-electron chi connectivity index (χ2n) is 5.62. The lowest BCUT2D eigenvalue weighted by atomic mass is 10.2. The summed E-state index contributed by atoms with van der Waals surface area (Å²) in [6.07, 6.45) is 6.33. The zero-order chi connectivity index (χ0) is 13.0. The minimum absolute atomic E-state index is 0.266. The van der Waals surface area contributed by atoms with Crippen LogP contribution in [0, 0.1) is 5.92 Å². The highest BCUT2D eigenvalue weighted by molar-refractivity contribution is 7.99. The molecule has 0 heterocycles. The second kappa shape index (κ2) is 6.80. The van der Waals surface area contributed by atoms with Crippen LogP contribution < -0.4 is 5.32 Å². The highest BCUT2D eigenvalue weighted by atomic mass is 32.2. The van der Waals surface area contributed by atoms with Crippen LogP contribution >= 0.6 is 11.8 Å². The first-order chi connectivity index (χ1) is 8.70. The number of amides is 1. The van der Waals surface area contributed by atoms with Crippen LogP contribution in [0.1, 0.15) is 39.0 Å². The molecule has 0 spiro atoms. The van der Waals surface area contributed by atoms with Gasteiger partial charge >= 0.3 is 0 Å². The Bertz CT molecular complexity index is 281. The van der Waals surface area contributed by atoms with E-state index in [-0.39, 0.29) is 5.91 Å². The molecule has 4 heteroatoms. The van der Waals surface area contributed by atoms with Crippen molar-refractivity contribution in [1.82, 2.24) is 10.2 Å². The number of nitrogens with zero attached hydrogens (tertiary/aromatic N) is 1. The molecular weight excluding hydrogens is 244 g/mol. The van der Waals surface area contributed by atoms with E-state index in [1.165, 1.54) is 37.9 Å². The van der Waals surface area contributed by atoms with Crippen LogP contribution in [0.4, 0.5) is 0 Å². The van der Waals surface area contributed by atoms with Gasteiger partial charge in [0.25, 0.3) is 0 Å². The Balaban J connectivity index is 1.65. The van der Waals surface area contributed by atoms with Crippen LogP contribution in [-0.4, -0.2) is 48.0 Å². The molecule has 0 aliphatic heterocycles. The van der Waals surface area contributed by atoms with Gasteiger partial charge in [-0.15, -0.1) is 0 Å². The minimum atomic E-state index is 0.266. The summed E-state index contributed by atoms with van der Waals surface area (Å²) in [5.41, 5.74) is 0. The topological polar surface area (TPSA) is 32.3 Å². The molecular formula is C14H26N2OS. The molecule has 0 saturated heterocycles. The zero-order valence-electron chi connectivity index (χ0n) is 11.7. The highest BCUT2D eigenvalue weighted by Gasteiger charge is 2.29. The number of hydrogen-bond donors (Lipinski definition) is 1. The molecule has 0 bridgehead atoms. The van der Waals surface area contributed by atoms with E-state index in [1.54, 1.807) is 0 Å². The van der Waals surface area contributed by atoms with Gasteiger partial charge in [-0.05, 0) is 50.3 Å². The van der Waals surface area contributed by atoms with Crippen LogP contribution in [-0.2, 0) is 4.79 Å². The summed E-state index contributed by atoms with van der Waals surface area (Å²) in [6.45, 7) is 3.77. The van der Waals surface area contributed by atoms with Crippen LogP contribution in [0.15, 0.2) is 0 Å². The number of hydrogen-bond acceptors (Lipinski definition) is 3. The van der Waals surface area contributed by atoms with Gasteiger partial charge in [0.15, 0.2) is 0 Å². The minimum Gasteiger partial charge on any atom is -0.342 e. The largest absolute Gasteiger partial charge is 0.342 e. The number of thioether (sulfide) groups is 1. The van der Waals surface area contributed by atoms with Gasteiger partial charge in [-0.1, -0.05) is 6.92 Å². The Labute approximate surface area is 115 Å². The standard InChI is InChI=1S/C14H26N2OS/c1-3-18-13-7-6-12(8-13)16(2)14(17)10-15-9-11-4-5-11/h11-13,15H,3-10H2,1-2H3/t12-,13-/m0/s1. The van der Waals surface area contributed by atoms with E-state index in [0.717, 1.165) is 17.7 Å². The van der Waals surface area contributed by atoms with Crippen molar-refractivity contribution in [3.05, 3.63) is 0 Å². The van der Waals surface area contributed by atoms with Crippen LogP contribution in [0.3, 0.4) is 0 Å². The summed E-state index contributed by atoms with van der Waals surface area (Å²) in [4.78, 5) is 14.0. The van der Waals surface area contributed by atoms with E-state index in [1.807, 2.05) is 23.7 Å². The number of rotatable bonds is 7. The Hall–Kier alpha value is -0.220. The van der Waals surface area contributed by atoms with Crippen molar-refractivity contribution in [3.8, 4) is 0 Å². The van der Waals surface area contributed by atoms with Crippen molar-refractivity contribution in [2.24, 2.45) is 5.92 Å². The normalized spacial score (nSPS) is 27.4. The molecule has 1 amide bonds. The summed E-state index contributed by atoms with van der Waals surface area (Å²) in [5.74, 6) is 2.31. The molecule has 104 valence electrons. The third-order valence-corrected chi connectivity index (χ3v) is 5.34. The maximum Gasteiger partial charge on any atom is 0.236 e. The first-order valence-electron chi connectivity index (χ1n) is 7.28. The molecule has 2 rings (SSSR count). The van der Waals surface area contributed by atoms with Crippen molar-refractivity contribution in [1.29, 1.82) is 0 Å². The lowest BCUT2D eigenvalue weighted by Gasteiger charge is -2.25. The fourth-order valence-corrected chi connectivity index (χ4v) is 3.82. The molecule has 18 heavy (non-hydrogen) atoms. The Morgan fingerprint density at radius 2 is 2.11 bits per heavy atom. The zero-order valence-corrected chi connectivity index (χ0v) is 12.5. The fraction of sp³-hybridized carbons (Fsp3) is 0.929. The molecule has 0 radical (unpaired) electrons. The van der Waals surface area contributed by atoms with Crippen molar-refractivity contribution in [2.75, 3.05) is 25.9 Å². The quantitative estimate of drug-likeness (QED) is 0.769. The second-order valence-corrected chi connectivity index (χ2v) is 7.20. The number of likely N-dealkylation sites (N-methyl/N-ethyl adjacent to an activating group) is 1. The molecule has 0 aromatic heterocycles. The molecule has 0 aromatic rings. The van der Waals surface area contributed by atoms with Crippen molar-refractivity contribution >= 4 is 17.7 Å². The van der Waals surface area contributed by atoms with Crippen molar-refractivity contribution in [3.63, 3.8) is 0 Å². The summed E-state index contributed by atoms with van der Waals surface area (Å²) >= 11 is 2.05. The molecule has 2 fully saturated rings. The van der Waals surface area contributed by atoms with E-state index >= 15 is 0 Å².